The first-order chi connectivity index (χ1) is 4.83. The van der Waals surface area contributed by atoms with E-state index in [9.17, 15) is 0 Å². The van der Waals surface area contributed by atoms with Gasteiger partial charge in [0.2, 0.25) is 0 Å². The van der Waals surface area contributed by atoms with Gasteiger partial charge in [0, 0.05) is 18.2 Å². The molecule has 0 spiro atoms. The molecule has 0 amide bonds. The number of thioether (sulfide) groups is 1. The van der Waals surface area contributed by atoms with Crippen molar-refractivity contribution < 1.29 is 0 Å². The van der Waals surface area contributed by atoms with Crippen LogP contribution in [0.3, 0.4) is 0 Å². The van der Waals surface area contributed by atoms with Gasteiger partial charge in [-0.15, -0.1) is 0 Å². The predicted octanol–water partition coefficient (Wildman–Crippen LogP) is 2.76. The van der Waals surface area contributed by atoms with Gasteiger partial charge >= 0.3 is 0 Å². The first-order valence-electron chi connectivity index (χ1n) is 2.80. The molecule has 0 N–H and O–H groups in total. The van der Waals surface area contributed by atoms with E-state index in [4.69, 9.17) is 11.6 Å². The molecule has 0 atom stereocenters. The summed E-state index contributed by atoms with van der Waals surface area (Å²) in [5, 5.41) is 0.540. The van der Waals surface area contributed by atoms with Crippen LogP contribution in [0.4, 0.5) is 0 Å². The van der Waals surface area contributed by atoms with Gasteiger partial charge in [-0.3, -0.25) is 0 Å². The lowest BCUT2D eigenvalue weighted by Crippen LogP contribution is -1.80. The van der Waals surface area contributed by atoms with Crippen LogP contribution in [-0.4, -0.2) is 4.98 Å². The summed E-state index contributed by atoms with van der Waals surface area (Å²) in [4.78, 5) is 3.92. The van der Waals surface area contributed by atoms with Crippen molar-refractivity contribution in [2.24, 2.45) is 0 Å². The molecule has 1 nitrogen and oxygen atoms in total. The maximum atomic E-state index is 5.58. The minimum Gasteiger partial charge on any atom is -0.244 e. The van der Waals surface area contributed by atoms with E-state index in [0.717, 1.165) is 11.3 Å². The van der Waals surface area contributed by atoms with Crippen molar-refractivity contribution in [3.63, 3.8) is 0 Å². The molecule has 1 aromatic rings. The summed E-state index contributed by atoms with van der Waals surface area (Å²) in [5.74, 6) is 0.893. The SMILES string of the molecule is [CH2]SCc1ccc(Cl)nc1. The largest absolute Gasteiger partial charge is 0.244 e. The quantitative estimate of drug-likeness (QED) is 0.637. The standard InChI is InChI=1S/C7H7ClNS/c1-10-5-6-2-3-7(8)9-4-6/h2-4H,1,5H2. The molecule has 3 heteroatoms. The number of aromatic nitrogens is 1. The molecular weight excluding hydrogens is 166 g/mol. The molecule has 1 rings (SSSR count). The van der Waals surface area contributed by atoms with Crippen LogP contribution in [0.1, 0.15) is 5.56 Å². The first kappa shape index (κ1) is 7.89. The molecule has 1 heterocycles. The van der Waals surface area contributed by atoms with E-state index in [-0.39, 0.29) is 0 Å². The van der Waals surface area contributed by atoms with Gasteiger partial charge in [-0.2, -0.15) is 11.8 Å². The van der Waals surface area contributed by atoms with Crippen LogP contribution < -0.4 is 0 Å². The fourth-order valence-electron chi connectivity index (χ4n) is 0.610. The lowest BCUT2D eigenvalue weighted by molar-refractivity contribution is 1.25. The Balaban J connectivity index is 2.69. The average Bonchev–Trinajstić information content (AvgIpc) is 1.95. The van der Waals surface area contributed by atoms with Crippen LogP contribution in [0.25, 0.3) is 0 Å². The van der Waals surface area contributed by atoms with Crippen molar-refractivity contribution >= 4 is 23.4 Å². The highest BCUT2D eigenvalue weighted by Crippen LogP contribution is 2.10. The number of rotatable bonds is 2. The predicted molar refractivity (Wildman–Crippen MR) is 45.9 cm³/mol. The Hall–Kier alpha value is -0.210. The Kier molecular flexibility index (Phi) is 3.03. The monoisotopic (exact) mass is 172 g/mol. The van der Waals surface area contributed by atoms with Crippen LogP contribution in [0.15, 0.2) is 18.3 Å². The van der Waals surface area contributed by atoms with Crippen molar-refractivity contribution in [2.45, 2.75) is 5.75 Å². The molecule has 0 saturated heterocycles. The third kappa shape index (κ3) is 2.20. The van der Waals surface area contributed by atoms with Gasteiger partial charge in [-0.05, 0) is 11.6 Å². The highest BCUT2D eigenvalue weighted by Gasteiger charge is 1.90. The van der Waals surface area contributed by atoms with E-state index in [2.05, 4.69) is 11.2 Å². The number of nitrogens with zero attached hydrogens (tertiary/aromatic N) is 1. The second-order valence-corrected chi connectivity index (χ2v) is 2.92. The zero-order chi connectivity index (χ0) is 7.40. The van der Waals surface area contributed by atoms with Gasteiger partial charge in [-0.25, -0.2) is 4.98 Å². The fraction of sp³-hybridized carbons (Fsp3) is 0.143. The molecule has 0 aliphatic rings. The summed E-state index contributed by atoms with van der Waals surface area (Å²) in [6.45, 7) is 0. The molecule has 0 bridgehead atoms. The molecule has 0 aliphatic heterocycles. The summed E-state index contributed by atoms with van der Waals surface area (Å²) in [5.41, 5.74) is 1.16. The third-order valence-corrected chi connectivity index (χ3v) is 1.82. The highest BCUT2D eigenvalue weighted by atomic mass is 35.5. The summed E-state index contributed by atoms with van der Waals surface area (Å²) < 4.78 is 0. The molecular formula is C7H7ClNS. The van der Waals surface area contributed by atoms with Gasteiger partial charge in [0.1, 0.15) is 5.15 Å². The Bertz CT molecular complexity index is 197. The summed E-state index contributed by atoms with van der Waals surface area (Å²) >= 11 is 7.11. The van der Waals surface area contributed by atoms with E-state index in [1.54, 1.807) is 12.3 Å². The van der Waals surface area contributed by atoms with Crippen LogP contribution in [0.5, 0.6) is 0 Å². The molecule has 1 radical (unpaired) electrons. The number of pyridine rings is 1. The van der Waals surface area contributed by atoms with Crippen molar-refractivity contribution in [3.05, 3.63) is 35.3 Å². The highest BCUT2D eigenvalue weighted by molar-refractivity contribution is 7.99. The molecule has 0 aromatic carbocycles. The minimum absolute atomic E-state index is 0.540. The van der Waals surface area contributed by atoms with E-state index >= 15 is 0 Å². The van der Waals surface area contributed by atoms with Crippen LogP contribution >= 0.6 is 23.4 Å². The Morgan fingerprint density at radius 2 is 2.40 bits per heavy atom. The van der Waals surface area contributed by atoms with Crippen LogP contribution in [-0.2, 0) is 5.75 Å². The molecule has 0 unspecified atom stereocenters. The molecule has 0 saturated carbocycles. The molecule has 1 aromatic heterocycles. The maximum Gasteiger partial charge on any atom is 0.129 e. The zero-order valence-corrected chi connectivity index (χ0v) is 6.95. The van der Waals surface area contributed by atoms with Crippen molar-refractivity contribution in [1.82, 2.24) is 4.98 Å². The van der Waals surface area contributed by atoms with E-state index < -0.39 is 0 Å². The van der Waals surface area contributed by atoms with Crippen LogP contribution in [0, 0.1) is 6.26 Å². The van der Waals surface area contributed by atoms with Gasteiger partial charge in [0.25, 0.3) is 0 Å². The number of halogens is 1. The lowest BCUT2D eigenvalue weighted by atomic mass is 10.3. The van der Waals surface area contributed by atoms with E-state index in [0.29, 0.717) is 5.15 Å². The summed E-state index contributed by atoms with van der Waals surface area (Å²) in [7, 11) is 0. The van der Waals surface area contributed by atoms with Crippen molar-refractivity contribution in [2.75, 3.05) is 0 Å². The molecule has 0 aliphatic carbocycles. The summed E-state index contributed by atoms with van der Waals surface area (Å²) in [6.07, 6.45) is 5.42. The average molecular weight is 173 g/mol. The minimum atomic E-state index is 0.540. The van der Waals surface area contributed by atoms with Gasteiger partial charge in [-0.1, -0.05) is 17.7 Å². The zero-order valence-electron chi connectivity index (χ0n) is 5.38. The molecule has 53 valence electrons. The third-order valence-electron chi connectivity index (χ3n) is 1.06. The van der Waals surface area contributed by atoms with Gasteiger partial charge in [0.05, 0.1) is 0 Å². The first-order valence-corrected chi connectivity index (χ1v) is 4.33. The normalized spacial score (nSPS) is 9.80. The number of hydrogen-bond donors (Lipinski definition) is 0. The summed E-state index contributed by atoms with van der Waals surface area (Å²) in [6, 6.07) is 3.74. The van der Waals surface area contributed by atoms with Gasteiger partial charge < -0.3 is 0 Å². The van der Waals surface area contributed by atoms with Crippen LogP contribution in [0.2, 0.25) is 5.15 Å². The fourth-order valence-corrected chi connectivity index (χ4v) is 1.13. The topological polar surface area (TPSA) is 12.9 Å². The Labute approximate surface area is 69.8 Å². The Morgan fingerprint density at radius 3 is 2.90 bits per heavy atom. The molecule has 10 heavy (non-hydrogen) atoms. The van der Waals surface area contributed by atoms with Crippen molar-refractivity contribution in [1.29, 1.82) is 0 Å². The second-order valence-electron chi connectivity index (χ2n) is 1.84. The van der Waals surface area contributed by atoms with E-state index in [1.807, 2.05) is 6.07 Å². The van der Waals surface area contributed by atoms with E-state index in [1.165, 1.54) is 11.8 Å². The smallest absolute Gasteiger partial charge is 0.129 e. The van der Waals surface area contributed by atoms with Gasteiger partial charge in [0.15, 0.2) is 0 Å². The Morgan fingerprint density at radius 1 is 1.60 bits per heavy atom. The second kappa shape index (κ2) is 3.84. The van der Waals surface area contributed by atoms with Crippen molar-refractivity contribution in [3.8, 4) is 0 Å². The maximum absolute atomic E-state index is 5.58. The number of hydrogen-bond acceptors (Lipinski definition) is 2. The lowest BCUT2D eigenvalue weighted by Gasteiger charge is -1.95. The molecule has 0 fully saturated rings.